The summed E-state index contributed by atoms with van der Waals surface area (Å²) < 4.78 is 51.8. The van der Waals surface area contributed by atoms with Crippen LogP contribution in [-0.4, -0.2) is 23.2 Å². The topological polar surface area (TPSA) is 90.9 Å². The molecule has 144 valence electrons. The lowest BCUT2D eigenvalue weighted by atomic mass is 10.2. The molecule has 2 N–H and O–H groups in total. The van der Waals surface area contributed by atoms with Crippen molar-refractivity contribution in [3.63, 3.8) is 0 Å². The Morgan fingerprint density at radius 2 is 1.86 bits per heavy atom. The molecule has 0 aliphatic rings. The van der Waals surface area contributed by atoms with Crippen molar-refractivity contribution in [1.82, 2.24) is 14.8 Å². The first kappa shape index (κ1) is 18.7. The zero-order chi connectivity index (χ0) is 20.1. The van der Waals surface area contributed by atoms with E-state index in [2.05, 4.69) is 10.1 Å². The van der Waals surface area contributed by atoms with Crippen molar-refractivity contribution >= 4 is 31.6 Å². The van der Waals surface area contributed by atoms with Crippen molar-refractivity contribution in [3.05, 3.63) is 59.8 Å². The first-order valence-electron chi connectivity index (χ1n) is 8.12. The number of rotatable bonds is 4. The van der Waals surface area contributed by atoms with Crippen molar-refractivity contribution in [2.24, 2.45) is 5.14 Å². The monoisotopic (exact) mass is 420 g/mol. The summed E-state index contributed by atoms with van der Waals surface area (Å²) in [4.78, 5) is 4.48. The van der Waals surface area contributed by atoms with Crippen LogP contribution in [0, 0.1) is 6.92 Å². The Morgan fingerprint density at radius 3 is 2.46 bits per heavy atom. The molecule has 0 aliphatic carbocycles. The van der Waals surface area contributed by atoms with Crippen molar-refractivity contribution in [1.29, 1.82) is 0 Å². The minimum Gasteiger partial charge on any atom is -0.234 e. The Bertz CT molecular complexity index is 1280. The second-order valence-corrected chi connectivity index (χ2v) is 8.71. The molecule has 2 heterocycles. The quantitative estimate of drug-likeness (QED) is 0.539. The number of fused-ring (bicyclic) bond motifs is 1. The van der Waals surface area contributed by atoms with E-state index in [4.69, 9.17) is 5.14 Å². The maximum absolute atomic E-state index is 13.3. The predicted molar refractivity (Wildman–Crippen MR) is 103 cm³/mol. The highest BCUT2D eigenvalue weighted by Crippen LogP contribution is 2.35. The molecular weight excluding hydrogens is 406 g/mol. The molecule has 2 aromatic heterocycles. The number of hydrogen-bond donors (Lipinski definition) is 1. The minimum absolute atomic E-state index is 0.0744. The largest absolute Gasteiger partial charge is 0.282 e. The fraction of sp³-hybridized carbons (Fsp3) is 0.111. The summed E-state index contributed by atoms with van der Waals surface area (Å²) in [7, 11) is -3.85. The third-order valence-corrected chi connectivity index (χ3v) is 6.35. The second kappa shape index (κ2) is 6.73. The Kier molecular flexibility index (Phi) is 4.48. The maximum atomic E-state index is 13.3. The predicted octanol–water partition coefficient (Wildman–Crippen LogP) is 4.04. The maximum Gasteiger partial charge on any atom is 0.282 e. The number of halogens is 2. The van der Waals surface area contributed by atoms with Gasteiger partial charge in [0.1, 0.15) is 16.4 Å². The average molecular weight is 420 g/mol. The number of sulfonamides is 1. The van der Waals surface area contributed by atoms with E-state index >= 15 is 0 Å². The van der Waals surface area contributed by atoms with Gasteiger partial charge in [-0.25, -0.2) is 32.0 Å². The molecule has 28 heavy (non-hydrogen) atoms. The van der Waals surface area contributed by atoms with Gasteiger partial charge in [0, 0.05) is 0 Å². The van der Waals surface area contributed by atoms with Gasteiger partial charge in [0.15, 0.2) is 0 Å². The van der Waals surface area contributed by atoms with E-state index in [1.54, 1.807) is 0 Å². The number of nitrogens with two attached hydrogens (primary N) is 1. The second-order valence-electron chi connectivity index (χ2n) is 6.15. The van der Waals surface area contributed by atoms with Crippen LogP contribution < -0.4 is 5.14 Å². The summed E-state index contributed by atoms with van der Waals surface area (Å²) >= 11 is 1.39. The van der Waals surface area contributed by atoms with Crippen LogP contribution in [0.25, 0.3) is 26.6 Å². The normalized spacial score (nSPS) is 12.2. The van der Waals surface area contributed by atoms with E-state index in [0.717, 1.165) is 15.8 Å². The molecule has 4 aromatic rings. The molecule has 0 fully saturated rings. The van der Waals surface area contributed by atoms with Gasteiger partial charge in [-0.3, -0.25) is 0 Å². The zero-order valence-corrected chi connectivity index (χ0v) is 16.1. The van der Waals surface area contributed by atoms with E-state index in [1.807, 2.05) is 25.1 Å². The standard InChI is InChI=1S/C18H14F2N4O2S2/c1-10-3-2-4-13-16(10)27-18(22-13)15-9-14(17(19)20)23-24(15)11-5-7-12(8-6-11)28(21,25)26/h2-9,17H,1H3,(H2,21,25,26). The van der Waals surface area contributed by atoms with Gasteiger partial charge in [-0.15, -0.1) is 11.3 Å². The van der Waals surface area contributed by atoms with Gasteiger partial charge >= 0.3 is 0 Å². The number of nitrogens with zero attached hydrogens (tertiary/aromatic N) is 3. The highest BCUT2D eigenvalue weighted by molar-refractivity contribution is 7.89. The van der Waals surface area contributed by atoms with E-state index in [9.17, 15) is 17.2 Å². The molecule has 10 heteroatoms. The minimum atomic E-state index is -3.85. The first-order valence-corrected chi connectivity index (χ1v) is 10.5. The number of benzene rings is 2. The van der Waals surface area contributed by atoms with Crippen LogP contribution in [0.1, 0.15) is 17.7 Å². The third kappa shape index (κ3) is 3.30. The Morgan fingerprint density at radius 1 is 1.14 bits per heavy atom. The summed E-state index contributed by atoms with van der Waals surface area (Å²) in [6.45, 7) is 1.96. The zero-order valence-electron chi connectivity index (χ0n) is 14.5. The summed E-state index contributed by atoms with van der Waals surface area (Å²) in [6, 6.07) is 12.5. The van der Waals surface area contributed by atoms with Crippen LogP contribution in [0.15, 0.2) is 53.4 Å². The van der Waals surface area contributed by atoms with Gasteiger partial charge in [-0.1, -0.05) is 12.1 Å². The molecule has 0 unspecified atom stereocenters. The summed E-state index contributed by atoms with van der Waals surface area (Å²) in [5.41, 5.74) is 2.25. The molecular formula is C18H14F2N4O2S2. The molecule has 0 saturated heterocycles. The number of aromatic nitrogens is 3. The lowest BCUT2D eigenvalue weighted by molar-refractivity contribution is 0.145. The van der Waals surface area contributed by atoms with Gasteiger partial charge in [-0.2, -0.15) is 5.10 Å². The van der Waals surface area contributed by atoms with Gasteiger partial charge < -0.3 is 0 Å². The molecule has 2 aromatic carbocycles. The number of thiazole rings is 1. The van der Waals surface area contributed by atoms with Crippen LogP contribution in [0.5, 0.6) is 0 Å². The lowest BCUT2D eigenvalue weighted by Crippen LogP contribution is -2.12. The molecule has 4 rings (SSSR count). The first-order chi connectivity index (χ1) is 13.2. The van der Waals surface area contributed by atoms with Gasteiger partial charge in [-0.05, 0) is 48.9 Å². The number of hydrogen-bond acceptors (Lipinski definition) is 5. The molecule has 0 saturated carbocycles. The number of aryl methyl sites for hydroxylation is 1. The summed E-state index contributed by atoms with van der Waals surface area (Å²) in [5, 5.41) is 9.64. The third-order valence-electron chi connectivity index (χ3n) is 4.19. The van der Waals surface area contributed by atoms with Crippen LogP contribution in [-0.2, 0) is 10.0 Å². The van der Waals surface area contributed by atoms with Gasteiger partial charge in [0.2, 0.25) is 10.0 Å². The number of primary sulfonamides is 1. The highest BCUT2D eigenvalue weighted by Gasteiger charge is 2.21. The molecule has 0 bridgehead atoms. The van der Waals surface area contributed by atoms with Crippen LogP contribution in [0.2, 0.25) is 0 Å². The van der Waals surface area contributed by atoms with Gasteiger partial charge in [0.25, 0.3) is 6.43 Å². The van der Waals surface area contributed by atoms with Crippen molar-refractivity contribution in [3.8, 4) is 16.4 Å². The Labute approximate surface area is 163 Å². The molecule has 0 radical (unpaired) electrons. The van der Waals surface area contributed by atoms with Crippen molar-refractivity contribution in [2.45, 2.75) is 18.2 Å². The van der Waals surface area contributed by atoms with Crippen molar-refractivity contribution in [2.75, 3.05) is 0 Å². The van der Waals surface area contributed by atoms with Crippen LogP contribution in [0.3, 0.4) is 0 Å². The SMILES string of the molecule is Cc1cccc2nc(-c3cc(C(F)F)nn3-c3ccc(S(N)(=O)=O)cc3)sc12. The van der Waals surface area contributed by atoms with Gasteiger partial charge in [0.05, 0.1) is 20.8 Å². The van der Waals surface area contributed by atoms with E-state index in [0.29, 0.717) is 16.4 Å². The van der Waals surface area contributed by atoms with E-state index in [1.165, 1.54) is 46.4 Å². The number of alkyl halides is 2. The van der Waals surface area contributed by atoms with Crippen LogP contribution in [0.4, 0.5) is 8.78 Å². The summed E-state index contributed by atoms with van der Waals surface area (Å²) in [5.74, 6) is 0. The average Bonchev–Trinajstić information content (AvgIpc) is 3.26. The van der Waals surface area contributed by atoms with E-state index in [-0.39, 0.29) is 10.6 Å². The lowest BCUT2D eigenvalue weighted by Gasteiger charge is -2.06. The highest BCUT2D eigenvalue weighted by atomic mass is 32.2. The van der Waals surface area contributed by atoms with Crippen molar-refractivity contribution < 1.29 is 17.2 Å². The molecule has 0 amide bonds. The molecule has 0 atom stereocenters. The summed E-state index contributed by atoms with van der Waals surface area (Å²) in [6.07, 6.45) is -2.75. The fourth-order valence-corrected chi connectivity index (χ4v) is 4.38. The Hall–Kier alpha value is -2.69. The van der Waals surface area contributed by atoms with E-state index < -0.39 is 16.4 Å². The molecule has 6 nitrogen and oxygen atoms in total. The Balaban J connectivity index is 1.89. The molecule has 0 aliphatic heterocycles. The smallest absolute Gasteiger partial charge is 0.234 e. The fourth-order valence-electron chi connectivity index (χ4n) is 2.83. The molecule has 0 spiro atoms. The van der Waals surface area contributed by atoms with Crippen LogP contribution >= 0.6 is 11.3 Å².